The topological polar surface area (TPSA) is 82.1 Å². The van der Waals surface area contributed by atoms with Crippen molar-refractivity contribution in [3.8, 4) is 11.5 Å². The van der Waals surface area contributed by atoms with Crippen LogP contribution in [0.2, 0.25) is 0 Å². The maximum atomic E-state index is 10.8. The zero-order chi connectivity index (χ0) is 28.5. The molecule has 1 aliphatic rings. The summed E-state index contributed by atoms with van der Waals surface area (Å²) in [6, 6.07) is 0. The lowest BCUT2D eigenvalue weighted by Crippen LogP contribution is -2.37. The van der Waals surface area contributed by atoms with Crippen LogP contribution in [0.4, 0.5) is 0 Å². The van der Waals surface area contributed by atoms with E-state index in [0.29, 0.717) is 0 Å². The van der Waals surface area contributed by atoms with E-state index in [9.17, 15) is 8.42 Å². The van der Waals surface area contributed by atoms with Crippen molar-refractivity contribution in [1.29, 1.82) is 0 Å². The van der Waals surface area contributed by atoms with Crippen LogP contribution in [-0.4, -0.2) is 31.8 Å². The van der Waals surface area contributed by atoms with E-state index in [2.05, 4.69) is 45.7 Å². The first-order valence-corrected chi connectivity index (χ1v) is 16.1. The molecule has 0 amide bonds. The van der Waals surface area contributed by atoms with Gasteiger partial charge in [-0.25, -0.2) is 4.18 Å². The third kappa shape index (κ3) is 10.7. The Kier molecular flexibility index (Phi) is 12.9. The smallest absolute Gasteiger partial charge is 0.397 e. The fraction of sp³-hybridized carbons (Fsp3) is 0.806. The van der Waals surface area contributed by atoms with Gasteiger partial charge in [-0.3, -0.25) is 4.55 Å². The minimum atomic E-state index is -4.46. The van der Waals surface area contributed by atoms with E-state index in [0.717, 1.165) is 65.2 Å². The first-order chi connectivity index (χ1) is 17.7. The van der Waals surface area contributed by atoms with Gasteiger partial charge in [0.15, 0.2) is 0 Å². The normalized spacial score (nSPS) is 19.2. The van der Waals surface area contributed by atoms with Gasteiger partial charge in [0, 0.05) is 5.56 Å². The molecule has 2 rings (SSSR count). The van der Waals surface area contributed by atoms with Gasteiger partial charge < -0.3 is 9.47 Å². The van der Waals surface area contributed by atoms with E-state index in [1.165, 1.54) is 56.9 Å². The highest BCUT2D eigenvalue weighted by molar-refractivity contribution is 7.80. The van der Waals surface area contributed by atoms with Crippen molar-refractivity contribution in [2.45, 2.75) is 132 Å². The van der Waals surface area contributed by atoms with Gasteiger partial charge in [-0.1, -0.05) is 72.6 Å². The second kappa shape index (κ2) is 14.9. The van der Waals surface area contributed by atoms with Crippen molar-refractivity contribution in [1.82, 2.24) is 0 Å². The molecule has 6 nitrogen and oxygen atoms in total. The highest BCUT2D eigenvalue weighted by atomic mass is 32.3. The minimum Gasteiger partial charge on any atom is -0.491 e. The van der Waals surface area contributed by atoms with Gasteiger partial charge >= 0.3 is 10.4 Å². The van der Waals surface area contributed by atoms with E-state index in [1.807, 2.05) is 13.8 Å². The Morgan fingerprint density at radius 2 is 1.45 bits per heavy atom. The standard InChI is InChI=1S/C31H54O6S/c1-22(2)12-9-13-23(3)14-10-15-24(4)16-11-18-31(8)19-17-28-27(7)29(25(5)26(6)30(28)37-31)35-20-21-36-38(32,33)34/h22-24H,9-21H2,1-8H3,(H,32,33,34)/t23-,24-,31-/m1/s1. The molecule has 0 fully saturated rings. The highest BCUT2D eigenvalue weighted by Gasteiger charge is 2.34. The summed E-state index contributed by atoms with van der Waals surface area (Å²) in [5, 5.41) is 0. The van der Waals surface area contributed by atoms with Gasteiger partial charge in [-0.05, 0) is 87.8 Å². The third-order valence-corrected chi connectivity index (χ3v) is 8.86. The van der Waals surface area contributed by atoms with Gasteiger partial charge in [0.2, 0.25) is 0 Å². The summed E-state index contributed by atoms with van der Waals surface area (Å²) in [6.07, 6.45) is 13.5. The van der Waals surface area contributed by atoms with Gasteiger partial charge in [0.25, 0.3) is 0 Å². The van der Waals surface area contributed by atoms with E-state index in [1.54, 1.807) is 0 Å². The van der Waals surface area contributed by atoms with Crippen molar-refractivity contribution in [2.24, 2.45) is 17.8 Å². The molecule has 0 radical (unpaired) electrons. The number of fused-ring (bicyclic) bond motifs is 1. The predicted molar refractivity (Wildman–Crippen MR) is 156 cm³/mol. The Bertz CT molecular complexity index is 987. The van der Waals surface area contributed by atoms with Crippen LogP contribution in [0.25, 0.3) is 0 Å². The third-order valence-electron chi connectivity index (χ3n) is 8.40. The molecule has 0 saturated heterocycles. The van der Waals surface area contributed by atoms with Crippen molar-refractivity contribution >= 4 is 10.4 Å². The molecule has 1 heterocycles. The number of hydrogen-bond donors (Lipinski definition) is 1. The maximum absolute atomic E-state index is 10.8. The molecule has 38 heavy (non-hydrogen) atoms. The average molecular weight is 555 g/mol. The molecule has 1 aromatic carbocycles. The summed E-state index contributed by atoms with van der Waals surface area (Å²) in [7, 11) is -4.46. The zero-order valence-corrected chi connectivity index (χ0v) is 26.1. The van der Waals surface area contributed by atoms with E-state index in [4.69, 9.17) is 14.0 Å². The molecule has 1 aromatic rings. The lowest BCUT2D eigenvalue weighted by atomic mass is 9.83. The number of benzene rings is 1. The van der Waals surface area contributed by atoms with E-state index >= 15 is 0 Å². The van der Waals surface area contributed by atoms with E-state index < -0.39 is 10.4 Å². The Hall–Kier alpha value is -1.31. The molecule has 1 N–H and O–H groups in total. The summed E-state index contributed by atoms with van der Waals surface area (Å²) < 4.78 is 47.2. The fourth-order valence-electron chi connectivity index (χ4n) is 5.76. The minimum absolute atomic E-state index is 0.0352. The molecule has 0 bridgehead atoms. The SMILES string of the molecule is Cc1c(C)c2c(c(C)c1OCCOS(=O)(=O)O)CC[C@@](C)(CCC[C@H](C)CCC[C@H](C)CCCC(C)C)O2. The summed E-state index contributed by atoms with van der Waals surface area (Å²) in [6.45, 7) is 17.6. The molecule has 0 aliphatic carbocycles. The fourth-order valence-corrected chi connectivity index (χ4v) is 6.04. The van der Waals surface area contributed by atoms with Crippen LogP contribution in [0.15, 0.2) is 0 Å². The number of ether oxygens (including phenoxy) is 2. The molecule has 0 saturated carbocycles. The van der Waals surface area contributed by atoms with Gasteiger partial charge in [0.05, 0.1) is 0 Å². The van der Waals surface area contributed by atoms with Gasteiger partial charge in [0.1, 0.15) is 30.3 Å². The van der Waals surface area contributed by atoms with Crippen molar-refractivity contribution in [3.05, 3.63) is 22.3 Å². The number of rotatable bonds is 17. The van der Waals surface area contributed by atoms with Crippen LogP contribution in [0.5, 0.6) is 11.5 Å². The maximum Gasteiger partial charge on any atom is 0.397 e. The van der Waals surface area contributed by atoms with E-state index in [-0.39, 0.29) is 18.8 Å². The average Bonchev–Trinajstić information content (AvgIpc) is 2.81. The van der Waals surface area contributed by atoms with Crippen molar-refractivity contribution in [2.75, 3.05) is 13.2 Å². The molecule has 220 valence electrons. The molecule has 0 spiro atoms. The van der Waals surface area contributed by atoms with Crippen LogP contribution >= 0.6 is 0 Å². The van der Waals surface area contributed by atoms with Crippen molar-refractivity contribution in [3.63, 3.8) is 0 Å². The van der Waals surface area contributed by atoms with Gasteiger partial charge in [-0.15, -0.1) is 0 Å². The summed E-state index contributed by atoms with van der Waals surface area (Å²) in [5.74, 6) is 4.16. The zero-order valence-electron chi connectivity index (χ0n) is 25.3. The highest BCUT2D eigenvalue weighted by Crippen LogP contribution is 2.45. The van der Waals surface area contributed by atoms with Crippen LogP contribution < -0.4 is 9.47 Å². The molecule has 3 atom stereocenters. The first kappa shape index (κ1) is 32.9. The monoisotopic (exact) mass is 554 g/mol. The largest absolute Gasteiger partial charge is 0.491 e. The summed E-state index contributed by atoms with van der Waals surface area (Å²) in [5.41, 5.74) is 4.10. The quantitative estimate of drug-likeness (QED) is 0.154. The molecule has 0 unspecified atom stereocenters. The predicted octanol–water partition coefficient (Wildman–Crippen LogP) is 8.33. The number of hydrogen-bond acceptors (Lipinski definition) is 5. The van der Waals surface area contributed by atoms with Crippen LogP contribution in [0, 0.1) is 38.5 Å². The molecule has 1 aliphatic heterocycles. The molecular formula is C31H54O6S. The lowest BCUT2D eigenvalue weighted by molar-refractivity contribution is 0.0511. The summed E-state index contributed by atoms with van der Waals surface area (Å²) in [4.78, 5) is 0. The van der Waals surface area contributed by atoms with Crippen LogP contribution in [-0.2, 0) is 21.0 Å². The van der Waals surface area contributed by atoms with Crippen molar-refractivity contribution < 1.29 is 26.6 Å². The van der Waals surface area contributed by atoms with Crippen LogP contribution in [0.3, 0.4) is 0 Å². The Balaban J connectivity index is 1.84. The molecular weight excluding hydrogens is 500 g/mol. The second-order valence-electron chi connectivity index (χ2n) is 12.5. The first-order valence-electron chi connectivity index (χ1n) is 14.8. The van der Waals surface area contributed by atoms with Crippen LogP contribution in [0.1, 0.15) is 121 Å². The Labute approximate surface area is 233 Å². The lowest BCUT2D eigenvalue weighted by Gasteiger charge is -2.38. The molecule has 0 aromatic heterocycles. The molecule has 7 heteroatoms. The Morgan fingerprint density at radius 1 is 0.868 bits per heavy atom. The Morgan fingerprint density at radius 3 is 2.03 bits per heavy atom. The summed E-state index contributed by atoms with van der Waals surface area (Å²) >= 11 is 0. The van der Waals surface area contributed by atoms with Gasteiger partial charge in [-0.2, -0.15) is 8.42 Å². The second-order valence-corrected chi connectivity index (χ2v) is 13.6.